The first-order valence-corrected chi connectivity index (χ1v) is 11.2. The second-order valence-corrected chi connectivity index (χ2v) is 10.5. The van der Waals surface area contributed by atoms with Crippen molar-refractivity contribution in [3.63, 3.8) is 0 Å². The van der Waals surface area contributed by atoms with Crippen molar-refractivity contribution in [1.82, 2.24) is 15.5 Å². The van der Waals surface area contributed by atoms with Crippen LogP contribution in [0.1, 0.15) is 59.1 Å². The molecule has 9 heteroatoms. The monoisotopic (exact) mass is 473 g/mol. The normalized spacial score (nSPS) is 19.2. The van der Waals surface area contributed by atoms with Gasteiger partial charge in [0.2, 0.25) is 11.8 Å². The Morgan fingerprint density at radius 2 is 1.88 bits per heavy atom. The Morgan fingerprint density at radius 3 is 2.41 bits per heavy atom. The van der Waals surface area contributed by atoms with E-state index < -0.39 is 47.1 Å². The van der Waals surface area contributed by atoms with E-state index in [4.69, 9.17) is 11.2 Å². The van der Waals surface area contributed by atoms with Gasteiger partial charge in [0.05, 0.1) is 6.10 Å². The van der Waals surface area contributed by atoms with Crippen molar-refractivity contribution >= 4 is 17.9 Å². The number of β-amino-alcohol motifs (C(OH)–C–C–N with tert-alkyl or cyclic N) is 1. The molecule has 1 aliphatic heterocycles. The molecule has 0 aliphatic carbocycles. The number of hydrogen-bond acceptors (Lipinski definition) is 6. The SMILES string of the molecule is C#Cc1ccc(CNC(=O)[C@@H]2C[C@@H](O)CN2C(=O)[C@@H](NC(=O)OC(C)(C)C)C(C)(C)C)c(O)c1. The van der Waals surface area contributed by atoms with Crippen LogP contribution in [0.3, 0.4) is 0 Å². The number of terminal acetylenes is 1. The van der Waals surface area contributed by atoms with Crippen molar-refractivity contribution in [3.05, 3.63) is 29.3 Å². The maximum atomic E-state index is 13.5. The molecule has 0 bridgehead atoms. The van der Waals surface area contributed by atoms with Gasteiger partial charge in [-0.2, -0.15) is 0 Å². The van der Waals surface area contributed by atoms with E-state index in [0.29, 0.717) is 11.1 Å². The zero-order valence-electron chi connectivity index (χ0n) is 20.6. The van der Waals surface area contributed by atoms with Crippen molar-refractivity contribution in [2.75, 3.05) is 6.54 Å². The first kappa shape index (κ1) is 27.0. The molecule has 0 spiro atoms. The van der Waals surface area contributed by atoms with Crippen LogP contribution in [0.5, 0.6) is 5.75 Å². The smallest absolute Gasteiger partial charge is 0.408 e. The summed E-state index contributed by atoms with van der Waals surface area (Å²) in [4.78, 5) is 40.1. The standard InChI is InChI=1S/C25H35N3O6/c1-8-15-9-10-16(19(30)11-15)13-26-21(31)18-12-17(29)14-28(18)22(32)20(24(2,3)4)27-23(33)34-25(5,6)7/h1,9-11,17-18,20,29-30H,12-14H2,2-7H3,(H,26,31)(H,27,33)/t17-,18+,20-/m1/s1. The van der Waals surface area contributed by atoms with E-state index in [1.54, 1.807) is 53.7 Å². The molecule has 1 aliphatic rings. The van der Waals surface area contributed by atoms with Crippen LogP contribution in [0.15, 0.2) is 18.2 Å². The van der Waals surface area contributed by atoms with E-state index in [1.807, 2.05) is 0 Å². The number of phenols is 1. The van der Waals surface area contributed by atoms with Gasteiger partial charge in [0.1, 0.15) is 23.4 Å². The van der Waals surface area contributed by atoms with E-state index in [1.165, 1.54) is 11.0 Å². The fraction of sp³-hybridized carbons (Fsp3) is 0.560. The molecule has 1 saturated heterocycles. The predicted octanol–water partition coefficient (Wildman–Crippen LogP) is 1.89. The van der Waals surface area contributed by atoms with Gasteiger partial charge in [-0.25, -0.2) is 4.79 Å². The lowest BCUT2D eigenvalue weighted by Gasteiger charge is -2.35. The Bertz CT molecular complexity index is 970. The first-order valence-electron chi connectivity index (χ1n) is 11.2. The summed E-state index contributed by atoms with van der Waals surface area (Å²) in [6.45, 7) is 10.5. The molecule has 1 aromatic rings. The van der Waals surface area contributed by atoms with Gasteiger partial charge in [-0.15, -0.1) is 6.42 Å². The van der Waals surface area contributed by atoms with Crippen molar-refractivity contribution < 1.29 is 29.3 Å². The molecule has 0 aromatic heterocycles. The Morgan fingerprint density at radius 1 is 1.24 bits per heavy atom. The number of carbonyl (C=O) groups is 3. The average Bonchev–Trinajstić information content (AvgIpc) is 3.10. The van der Waals surface area contributed by atoms with Crippen molar-refractivity contribution in [2.45, 2.75) is 78.3 Å². The third-order valence-electron chi connectivity index (χ3n) is 5.34. The fourth-order valence-corrected chi connectivity index (χ4v) is 3.65. The molecule has 3 amide bonds. The number of rotatable bonds is 5. The number of nitrogens with zero attached hydrogens (tertiary/aromatic N) is 1. The van der Waals surface area contributed by atoms with Crippen LogP contribution in [0.25, 0.3) is 0 Å². The third kappa shape index (κ3) is 7.12. The van der Waals surface area contributed by atoms with Gasteiger partial charge in [-0.05, 0) is 38.3 Å². The van der Waals surface area contributed by atoms with Crippen LogP contribution in [0, 0.1) is 17.8 Å². The number of aliphatic hydroxyl groups excluding tert-OH is 1. The van der Waals surface area contributed by atoms with E-state index in [0.717, 1.165) is 0 Å². The number of carbonyl (C=O) groups excluding carboxylic acids is 3. The zero-order valence-corrected chi connectivity index (χ0v) is 20.6. The molecule has 0 radical (unpaired) electrons. The van der Waals surface area contributed by atoms with Crippen molar-refractivity contribution in [2.24, 2.45) is 5.41 Å². The second-order valence-electron chi connectivity index (χ2n) is 10.5. The molecule has 4 N–H and O–H groups in total. The van der Waals surface area contributed by atoms with Gasteiger partial charge in [0.25, 0.3) is 0 Å². The number of aromatic hydroxyl groups is 1. The van der Waals surface area contributed by atoms with Crippen molar-refractivity contribution in [3.8, 4) is 18.1 Å². The molecule has 3 atom stereocenters. The predicted molar refractivity (Wildman–Crippen MR) is 127 cm³/mol. The summed E-state index contributed by atoms with van der Waals surface area (Å²) in [5, 5.41) is 25.7. The van der Waals surface area contributed by atoms with Gasteiger partial charge in [-0.3, -0.25) is 9.59 Å². The number of alkyl carbamates (subject to hydrolysis) is 1. The van der Waals surface area contributed by atoms with E-state index in [9.17, 15) is 24.6 Å². The fourth-order valence-electron chi connectivity index (χ4n) is 3.65. The minimum atomic E-state index is -0.983. The van der Waals surface area contributed by atoms with Crippen LogP contribution in [0.4, 0.5) is 4.79 Å². The van der Waals surface area contributed by atoms with Gasteiger partial charge in [0.15, 0.2) is 0 Å². The molecule has 34 heavy (non-hydrogen) atoms. The number of nitrogens with one attached hydrogen (secondary N) is 2. The van der Waals surface area contributed by atoms with Crippen LogP contribution in [-0.4, -0.2) is 63.4 Å². The van der Waals surface area contributed by atoms with Crippen LogP contribution < -0.4 is 10.6 Å². The quantitative estimate of drug-likeness (QED) is 0.484. The van der Waals surface area contributed by atoms with Gasteiger partial charge in [-0.1, -0.05) is 32.8 Å². The van der Waals surface area contributed by atoms with E-state index in [2.05, 4.69) is 16.6 Å². The first-order chi connectivity index (χ1) is 15.6. The lowest BCUT2D eigenvalue weighted by atomic mass is 9.85. The lowest BCUT2D eigenvalue weighted by Crippen LogP contribution is -2.58. The third-order valence-corrected chi connectivity index (χ3v) is 5.34. The lowest BCUT2D eigenvalue weighted by molar-refractivity contribution is -0.142. The number of phenolic OH excluding ortho intramolecular Hbond substituents is 1. The molecule has 1 aromatic carbocycles. The molecule has 9 nitrogen and oxygen atoms in total. The maximum Gasteiger partial charge on any atom is 0.408 e. The summed E-state index contributed by atoms with van der Waals surface area (Å²) in [5.41, 5.74) is -0.462. The van der Waals surface area contributed by atoms with Gasteiger partial charge < -0.3 is 30.5 Å². The van der Waals surface area contributed by atoms with Gasteiger partial charge in [0, 0.05) is 30.6 Å². The Hall–Kier alpha value is -3.25. The number of hydrogen-bond donors (Lipinski definition) is 4. The van der Waals surface area contributed by atoms with Gasteiger partial charge >= 0.3 is 6.09 Å². The Balaban J connectivity index is 2.16. The van der Waals surface area contributed by atoms with Crippen LogP contribution in [0.2, 0.25) is 0 Å². The topological polar surface area (TPSA) is 128 Å². The largest absolute Gasteiger partial charge is 0.508 e. The number of aliphatic hydroxyl groups is 1. The highest BCUT2D eigenvalue weighted by molar-refractivity contribution is 5.92. The molecule has 1 fully saturated rings. The highest BCUT2D eigenvalue weighted by Crippen LogP contribution is 2.27. The van der Waals surface area contributed by atoms with Crippen LogP contribution >= 0.6 is 0 Å². The molecule has 0 unspecified atom stereocenters. The zero-order chi connectivity index (χ0) is 25.8. The Labute approximate surface area is 200 Å². The second kappa shape index (κ2) is 10.3. The minimum absolute atomic E-state index is 0.0169. The molecule has 186 valence electrons. The van der Waals surface area contributed by atoms with E-state index >= 15 is 0 Å². The summed E-state index contributed by atoms with van der Waals surface area (Å²) in [6, 6.07) is 2.76. The maximum absolute atomic E-state index is 13.5. The van der Waals surface area contributed by atoms with Crippen LogP contribution in [-0.2, 0) is 20.9 Å². The minimum Gasteiger partial charge on any atom is -0.508 e. The summed E-state index contributed by atoms with van der Waals surface area (Å²) >= 11 is 0. The number of amides is 3. The summed E-state index contributed by atoms with van der Waals surface area (Å²) in [5.74, 6) is 1.40. The highest BCUT2D eigenvalue weighted by atomic mass is 16.6. The number of benzene rings is 1. The number of ether oxygens (including phenoxy) is 1. The molecule has 2 rings (SSSR count). The average molecular weight is 474 g/mol. The summed E-state index contributed by atoms with van der Waals surface area (Å²) in [7, 11) is 0. The molecule has 0 saturated carbocycles. The molecular formula is C25H35N3O6. The highest BCUT2D eigenvalue weighted by Gasteiger charge is 2.44. The molecule has 1 heterocycles. The Kier molecular flexibility index (Phi) is 8.22. The summed E-state index contributed by atoms with van der Waals surface area (Å²) in [6.07, 6.45) is 3.75. The summed E-state index contributed by atoms with van der Waals surface area (Å²) < 4.78 is 5.30. The van der Waals surface area contributed by atoms with Crippen molar-refractivity contribution in [1.29, 1.82) is 0 Å². The molecular weight excluding hydrogens is 438 g/mol. The number of likely N-dealkylation sites (tertiary alicyclic amines) is 1. The van der Waals surface area contributed by atoms with E-state index in [-0.39, 0.29) is 25.3 Å².